The Balaban J connectivity index is 2.09. The maximum atomic E-state index is 12.8. The molecule has 0 amide bonds. The number of nitro benzene ring substituents is 1. The monoisotopic (exact) mass is 413 g/mol. The number of nitro groups is 1. The van der Waals surface area contributed by atoms with Gasteiger partial charge in [-0.1, -0.05) is 6.92 Å². The third kappa shape index (κ3) is 4.88. The third-order valence-electron chi connectivity index (χ3n) is 4.90. The van der Waals surface area contributed by atoms with Crippen molar-refractivity contribution in [2.24, 2.45) is 9.81 Å². The van der Waals surface area contributed by atoms with Gasteiger partial charge >= 0.3 is 0 Å². The fraction of sp³-hybridized carbons (Fsp3) is 0.471. The molecule has 1 aromatic carbocycles. The molecule has 0 unspecified atom stereocenters. The Hall–Kier alpha value is -1.91. The average Bonchev–Trinajstić information content (AvgIpc) is 2.66. The van der Waals surface area contributed by atoms with Crippen molar-refractivity contribution in [3.05, 3.63) is 46.0 Å². The smallest absolute Gasteiger partial charge is 0.269 e. The Kier molecular flexibility index (Phi) is 6.66. The minimum atomic E-state index is -3.68. The number of methoxy groups -OCH3 is 1. The summed E-state index contributed by atoms with van der Waals surface area (Å²) in [5, 5.41) is 11.2. The number of benzene rings is 1. The van der Waals surface area contributed by atoms with E-state index in [1.807, 2.05) is 6.92 Å². The lowest BCUT2D eigenvalue weighted by molar-refractivity contribution is -0.384. The molecule has 0 saturated carbocycles. The minimum absolute atomic E-state index is 0.0639. The maximum Gasteiger partial charge on any atom is 0.269 e. The number of hydrogen-bond donors (Lipinski definition) is 0. The van der Waals surface area contributed by atoms with E-state index in [1.54, 1.807) is 0 Å². The minimum Gasteiger partial charge on any atom is -0.489 e. The summed E-state index contributed by atoms with van der Waals surface area (Å²) in [6.45, 7) is 8.43. The summed E-state index contributed by atoms with van der Waals surface area (Å²) in [4.78, 5) is 10.2. The molecule has 8 nitrogen and oxygen atoms in total. The number of non-ortho nitro benzene ring substituents is 1. The third-order valence-corrected chi connectivity index (χ3v) is 7.55. The molecule has 27 heavy (non-hydrogen) atoms. The van der Waals surface area contributed by atoms with E-state index in [4.69, 9.17) is 4.74 Å². The second kappa shape index (κ2) is 8.41. The van der Waals surface area contributed by atoms with Crippen molar-refractivity contribution >= 4 is 33.4 Å². The highest BCUT2D eigenvalue weighted by atomic mass is 32.2. The van der Waals surface area contributed by atoms with E-state index in [2.05, 4.69) is 17.9 Å². The summed E-state index contributed by atoms with van der Waals surface area (Å²) in [6.07, 6.45) is 1.27. The van der Waals surface area contributed by atoms with Crippen molar-refractivity contribution in [3.8, 4) is 0 Å². The highest BCUT2D eigenvalue weighted by Gasteiger charge is 2.37. The molecule has 10 heteroatoms. The van der Waals surface area contributed by atoms with Gasteiger partial charge in [0.05, 0.1) is 16.9 Å². The topological polar surface area (TPSA) is 102 Å². The van der Waals surface area contributed by atoms with Crippen molar-refractivity contribution in [1.29, 1.82) is 0 Å². The van der Waals surface area contributed by atoms with Crippen LogP contribution in [0.4, 0.5) is 5.69 Å². The van der Waals surface area contributed by atoms with E-state index in [0.29, 0.717) is 31.0 Å². The van der Waals surface area contributed by atoms with Crippen LogP contribution in [0.3, 0.4) is 0 Å². The molecule has 148 valence electrons. The summed E-state index contributed by atoms with van der Waals surface area (Å²) in [5.41, 5.74) is 0.572. The second-order valence-electron chi connectivity index (χ2n) is 6.56. The standard InChI is InChI=1S/C17H23N3O5S2/c1-13(18-26-14(2)25-4)17(3)9-11-19(12-10-17)27(23,24)16-7-5-15(6-8-16)20(21)22/h5-8H,2,9-12H2,1,3-4H3. The molecule has 1 heterocycles. The summed E-state index contributed by atoms with van der Waals surface area (Å²) >= 11 is 1.17. The normalized spacial score (nSPS) is 18.1. The summed E-state index contributed by atoms with van der Waals surface area (Å²) < 4.78 is 36.4. The van der Waals surface area contributed by atoms with E-state index in [0.717, 1.165) is 5.71 Å². The largest absolute Gasteiger partial charge is 0.489 e. The zero-order valence-electron chi connectivity index (χ0n) is 15.5. The van der Waals surface area contributed by atoms with Gasteiger partial charge < -0.3 is 4.74 Å². The molecular formula is C17H23N3O5S2. The van der Waals surface area contributed by atoms with Gasteiger partial charge in [0.25, 0.3) is 5.69 Å². The molecule has 1 aromatic rings. The maximum absolute atomic E-state index is 12.8. The number of ether oxygens (including phenoxy) is 1. The first-order valence-corrected chi connectivity index (χ1v) is 10.5. The Bertz CT molecular complexity index is 842. The van der Waals surface area contributed by atoms with Crippen LogP contribution < -0.4 is 0 Å². The van der Waals surface area contributed by atoms with Crippen LogP contribution in [0.1, 0.15) is 26.7 Å². The first-order chi connectivity index (χ1) is 12.6. The van der Waals surface area contributed by atoms with Gasteiger partial charge in [0, 0.05) is 48.3 Å². The second-order valence-corrected chi connectivity index (χ2v) is 9.32. The predicted octanol–water partition coefficient (Wildman–Crippen LogP) is 3.61. The highest BCUT2D eigenvalue weighted by molar-refractivity contribution is 8.01. The molecule has 1 aliphatic rings. The molecule has 1 saturated heterocycles. The lowest BCUT2D eigenvalue weighted by Crippen LogP contribution is -2.44. The lowest BCUT2D eigenvalue weighted by atomic mass is 9.77. The van der Waals surface area contributed by atoms with Crippen LogP contribution in [0, 0.1) is 15.5 Å². The van der Waals surface area contributed by atoms with Crippen molar-refractivity contribution in [3.63, 3.8) is 0 Å². The quantitative estimate of drug-likeness (QED) is 0.222. The number of nitrogens with zero attached hydrogens (tertiary/aromatic N) is 3. The molecule has 0 spiro atoms. The van der Waals surface area contributed by atoms with E-state index in [-0.39, 0.29) is 16.0 Å². The van der Waals surface area contributed by atoms with Crippen molar-refractivity contribution < 1.29 is 18.1 Å². The Morgan fingerprint density at radius 1 is 1.33 bits per heavy atom. The molecule has 0 radical (unpaired) electrons. The van der Waals surface area contributed by atoms with E-state index >= 15 is 0 Å². The van der Waals surface area contributed by atoms with Crippen LogP contribution in [0.2, 0.25) is 0 Å². The summed E-state index contributed by atoms with van der Waals surface area (Å²) in [7, 11) is -2.15. The van der Waals surface area contributed by atoms with Crippen LogP contribution in [-0.2, 0) is 14.8 Å². The van der Waals surface area contributed by atoms with E-state index < -0.39 is 14.9 Å². The Morgan fingerprint density at radius 3 is 2.37 bits per heavy atom. The van der Waals surface area contributed by atoms with Gasteiger partial charge in [0.15, 0.2) is 5.09 Å². The number of hydrogen-bond acceptors (Lipinski definition) is 7. The zero-order chi connectivity index (χ0) is 20.2. The molecule has 1 fully saturated rings. The molecular weight excluding hydrogens is 390 g/mol. The van der Waals surface area contributed by atoms with Gasteiger partial charge in [0.2, 0.25) is 10.0 Å². The van der Waals surface area contributed by atoms with Crippen molar-refractivity contribution in [2.75, 3.05) is 20.2 Å². The van der Waals surface area contributed by atoms with Crippen LogP contribution in [0.15, 0.2) is 45.2 Å². The van der Waals surface area contributed by atoms with Crippen LogP contribution in [0.25, 0.3) is 0 Å². The van der Waals surface area contributed by atoms with E-state index in [1.165, 1.54) is 47.6 Å². The molecule has 1 aliphatic heterocycles. The SMILES string of the molecule is C=C(OC)SN=C(C)C1(C)CCN(S(=O)(=O)c2ccc([N+](=O)[O-])cc2)CC1. The number of piperidine rings is 1. The lowest BCUT2D eigenvalue weighted by Gasteiger charge is -2.38. The Morgan fingerprint density at radius 2 is 1.89 bits per heavy atom. The van der Waals surface area contributed by atoms with Gasteiger partial charge in [-0.25, -0.2) is 12.8 Å². The van der Waals surface area contributed by atoms with E-state index in [9.17, 15) is 18.5 Å². The molecule has 0 N–H and O–H groups in total. The first-order valence-electron chi connectivity index (χ1n) is 8.30. The summed E-state index contributed by atoms with van der Waals surface area (Å²) in [6, 6.07) is 4.97. The molecule has 0 bridgehead atoms. The van der Waals surface area contributed by atoms with Crippen molar-refractivity contribution in [2.45, 2.75) is 31.6 Å². The molecule has 0 aromatic heterocycles. The number of rotatable bonds is 7. The average molecular weight is 414 g/mol. The van der Waals surface area contributed by atoms with Crippen LogP contribution >= 0.6 is 11.9 Å². The predicted molar refractivity (Wildman–Crippen MR) is 106 cm³/mol. The van der Waals surface area contributed by atoms with Gasteiger partial charge in [-0.15, -0.1) is 0 Å². The number of sulfonamides is 1. The van der Waals surface area contributed by atoms with Crippen LogP contribution in [0.5, 0.6) is 0 Å². The fourth-order valence-corrected chi connectivity index (χ4v) is 4.71. The van der Waals surface area contributed by atoms with Gasteiger partial charge in [0.1, 0.15) is 0 Å². The van der Waals surface area contributed by atoms with Gasteiger partial charge in [-0.2, -0.15) is 4.31 Å². The fourth-order valence-electron chi connectivity index (χ4n) is 2.74. The zero-order valence-corrected chi connectivity index (χ0v) is 17.2. The Labute approximate surface area is 163 Å². The van der Waals surface area contributed by atoms with Gasteiger partial charge in [-0.3, -0.25) is 10.1 Å². The van der Waals surface area contributed by atoms with Crippen molar-refractivity contribution in [1.82, 2.24) is 4.31 Å². The highest BCUT2D eigenvalue weighted by Crippen LogP contribution is 2.36. The summed E-state index contributed by atoms with van der Waals surface area (Å²) in [5.74, 6) is 0. The molecule has 0 aliphatic carbocycles. The molecule has 2 rings (SSSR count). The molecule has 0 atom stereocenters. The van der Waals surface area contributed by atoms with Gasteiger partial charge in [-0.05, 0) is 38.5 Å². The first kappa shape index (κ1) is 21.4. The van der Waals surface area contributed by atoms with Crippen LogP contribution in [-0.4, -0.2) is 43.6 Å².